The maximum atomic E-state index is 10.9. The monoisotopic (exact) mass is 230 g/mol. The summed E-state index contributed by atoms with van der Waals surface area (Å²) in [6, 6.07) is 0. The number of rotatable bonds is 7. The third-order valence-electron chi connectivity index (χ3n) is 1.61. The van der Waals surface area contributed by atoms with Crippen LogP contribution >= 0.6 is 0 Å². The zero-order valence-corrected chi connectivity index (χ0v) is 8.67. The van der Waals surface area contributed by atoms with Gasteiger partial charge in [0.1, 0.15) is 12.7 Å². The Hall–Kier alpha value is -1.66. The molecule has 2 N–H and O–H groups in total. The quantitative estimate of drug-likeness (QED) is 0.438. The molecule has 90 valence electrons. The number of aliphatic hydroxyl groups excluding tert-OH is 2. The van der Waals surface area contributed by atoms with E-state index in [1.807, 2.05) is 0 Å². The molecule has 0 amide bonds. The Morgan fingerprint density at radius 1 is 1.25 bits per heavy atom. The van der Waals surface area contributed by atoms with Gasteiger partial charge in [-0.2, -0.15) is 0 Å². The van der Waals surface area contributed by atoms with Gasteiger partial charge in [-0.3, -0.25) is 0 Å². The minimum absolute atomic E-state index is 0.369. The van der Waals surface area contributed by atoms with E-state index in [0.717, 1.165) is 12.2 Å². The van der Waals surface area contributed by atoms with Crippen molar-refractivity contribution in [1.29, 1.82) is 0 Å². The Balaban J connectivity index is 4.31. The van der Waals surface area contributed by atoms with E-state index in [2.05, 4.69) is 22.6 Å². The summed E-state index contributed by atoms with van der Waals surface area (Å²) in [5.74, 6) is -1.50. The van der Waals surface area contributed by atoms with Crippen molar-refractivity contribution in [3.63, 3.8) is 0 Å². The standard InChI is InChI=1S/C10H14O6/c1-3-9(13)15-6-8(7(12)5-11)16-10(14)4-2/h3-4,7-8,11-12H,1-2,5-6H2/t7-,8+/m1/s1. The number of carbonyl (C=O) groups excluding carboxylic acids is 2. The number of esters is 2. The summed E-state index contributed by atoms with van der Waals surface area (Å²) in [7, 11) is 0. The first-order valence-corrected chi connectivity index (χ1v) is 4.46. The average molecular weight is 230 g/mol. The predicted molar refractivity (Wildman–Crippen MR) is 54.3 cm³/mol. The zero-order valence-electron chi connectivity index (χ0n) is 8.67. The summed E-state index contributed by atoms with van der Waals surface area (Å²) in [5.41, 5.74) is 0. The van der Waals surface area contributed by atoms with Crippen LogP contribution in [0.2, 0.25) is 0 Å². The summed E-state index contributed by atoms with van der Waals surface area (Å²) in [6.45, 7) is 5.34. The Labute approximate surface area is 92.8 Å². The Bertz CT molecular complexity index is 272. The number of hydrogen-bond donors (Lipinski definition) is 2. The van der Waals surface area contributed by atoms with Gasteiger partial charge in [-0.1, -0.05) is 13.2 Å². The van der Waals surface area contributed by atoms with Crippen molar-refractivity contribution in [2.45, 2.75) is 12.2 Å². The molecule has 0 aliphatic heterocycles. The predicted octanol–water partition coefficient (Wildman–Crippen LogP) is -0.833. The van der Waals surface area contributed by atoms with E-state index in [4.69, 9.17) is 5.11 Å². The summed E-state index contributed by atoms with van der Waals surface area (Å²) < 4.78 is 9.25. The van der Waals surface area contributed by atoms with Gasteiger partial charge in [-0.15, -0.1) is 0 Å². The van der Waals surface area contributed by atoms with Crippen molar-refractivity contribution in [3.05, 3.63) is 25.3 Å². The highest BCUT2D eigenvalue weighted by Crippen LogP contribution is 2.02. The van der Waals surface area contributed by atoms with Crippen molar-refractivity contribution in [1.82, 2.24) is 0 Å². The molecule has 0 rings (SSSR count). The number of hydrogen-bond acceptors (Lipinski definition) is 6. The van der Waals surface area contributed by atoms with Crippen molar-refractivity contribution in [2.75, 3.05) is 13.2 Å². The molecule has 0 unspecified atom stereocenters. The molecule has 0 bridgehead atoms. The van der Waals surface area contributed by atoms with E-state index in [9.17, 15) is 14.7 Å². The molecule has 0 aromatic carbocycles. The van der Waals surface area contributed by atoms with Gasteiger partial charge >= 0.3 is 11.9 Å². The van der Waals surface area contributed by atoms with Crippen LogP contribution in [0, 0.1) is 0 Å². The lowest BCUT2D eigenvalue weighted by molar-refractivity contribution is -0.161. The van der Waals surface area contributed by atoms with E-state index in [1.165, 1.54) is 0 Å². The molecule has 0 aliphatic rings. The molecule has 0 saturated carbocycles. The molecule has 0 aromatic heterocycles. The lowest BCUT2D eigenvalue weighted by Crippen LogP contribution is -2.37. The fourth-order valence-electron chi connectivity index (χ4n) is 0.762. The van der Waals surface area contributed by atoms with Gasteiger partial charge in [-0.25, -0.2) is 9.59 Å². The highest BCUT2D eigenvalue weighted by atomic mass is 16.6. The minimum Gasteiger partial charge on any atom is -0.458 e. The van der Waals surface area contributed by atoms with Gasteiger partial charge in [0.25, 0.3) is 0 Å². The third kappa shape index (κ3) is 5.28. The summed E-state index contributed by atoms with van der Waals surface area (Å²) in [4.78, 5) is 21.6. The van der Waals surface area contributed by atoms with Crippen molar-refractivity contribution < 1.29 is 29.3 Å². The molecule has 6 nitrogen and oxygen atoms in total. The second-order valence-electron chi connectivity index (χ2n) is 2.76. The summed E-state index contributed by atoms with van der Waals surface area (Å²) >= 11 is 0. The largest absolute Gasteiger partial charge is 0.458 e. The molecular formula is C10H14O6. The smallest absolute Gasteiger partial charge is 0.330 e. The highest BCUT2D eigenvalue weighted by molar-refractivity contribution is 5.82. The fourth-order valence-corrected chi connectivity index (χ4v) is 0.762. The van der Waals surface area contributed by atoms with Crippen molar-refractivity contribution in [2.24, 2.45) is 0 Å². The molecular weight excluding hydrogens is 216 g/mol. The van der Waals surface area contributed by atoms with E-state index in [1.54, 1.807) is 0 Å². The molecule has 0 aliphatic carbocycles. The summed E-state index contributed by atoms with van der Waals surface area (Å²) in [6.07, 6.45) is -0.648. The van der Waals surface area contributed by atoms with Crippen LogP contribution in [0.25, 0.3) is 0 Å². The lowest BCUT2D eigenvalue weighted by Gasteiger charge is -2.20. The molecule has 0 spiro atoms. The number of ether oxygens (including phenoxy) is 2. The van der Waals surface area contributed by atoms with Crippen LogP contribution < -0.4 is 0 Å². The van der Waals surface area contributed by atoms with E-state index >= 15 is 0 Å². The second-order valence-corrected chi connectivity index (χ2v) is 2.76. The van der Waals surface area contributed by atoms with Crippen LogP contribution in [0.1, 0.15) is 0 Å². The Morgan fingerprint density at radius 3 is 2.25 bits per heavy atom. The molecule has 0 fully saturated rings. The van der Waals surface area contributed by atoms with E-state index < -0.39 is 30.8 Å². The van der Waals surface area contributed by atoms with Gasteiger partial charge in [0, 0.05) is 12.2 Å². The Morgan fingerprint density at radius 2 is 1.81 bits per heavy atom. The van der Waals surface area contributed by atoms with Crippen LogP contribution in [-0.4, -0.2) is 47.6 Å². The van der Waals surface area contributed by atoms with E-state index in [0.29, 0.717) is 0 Å². The first kappa shape index (κ1) is 14.3. The number of aliphatic hydroxyl groups is 2. The second kappa shape index (κ2) is 7.61. The maximum Gasteiger partial charge on any atom is 0.330 e. The maximum absolute atomic E-state index is 10.9. The van der Waals surface area contributed by atoms with Gasteiger partial charge in [-0.05, 0) is 0 Å². The first-order chi connectivity index (χ1) is 7.54. The minimum atomic E-state index is -1.33. The topological polar surface area (TPSA) is 93.1 Å². The van der Waals surface area contributed by atoms with Gasteiger partial charge < -0.3 is 19.7 Å². The lowest BCUT2D eigenvalue weighted by atomic mass is 10.2. The summed E-state index contributed by atoms with van der Waals surface area (Å²) in [5, 5.41) is 18.0. The third-order valence-corrected chi connectivity index (χ3v) is 1.61. The molecule has 0 aromatic rings. The van der Waals surface area contributed by atoms with Gasteiger partial charge in [0.05, 0.1) is 6.61 Å². The molecule has 6 heteroatoms. The van der Waals surface area contributed by atoms with Crippen LogP contribution in [0.5, 0.6) is 0 Å². The highest BCUT2D eigenvalue weighted by Gasteiger charge is 2.23. The first-order valence-electron chi connectivity index (χ1n) is 4.46. The zero-order chi connectivity index (χ0) is 12.6. The van der Waals surface area contributed by atoms with Crippen LogP contribution in [-0.2, 0) is 19.1 Å². The SMILES string of the molecule is C=CC(=O)OC[C@H](OC(=O)C=C)[C@H](O)CO. The van der Waals surface area contributed by atoms with Crippen LogP contribution in [0.3, 0.4) is 0 Å². The number of carbonyl (C=O) groups is 2. The van der Waals surface area contributed by atoms with Crippen LogP contribution in [0.15, 0.2) is 25.3 Å². The molecule has 2 atom stereocenters. The van der Waals surface area contributed by atoms with Crippen molar-refractivity contribution in [3.8, 4) is 0 Å². The molecule has 0 heterocycles. The van der Waals surface area contributed by atoms with Crippen molar-refractivity contribution >= 4 is 11.9 Å². The molecule has 0 radical (unpaired) electrons. The Kier molecular flexibility index (Phi) is 6.82. The van der Waals surface area contributed by atoms with Gasteiger partial charge in [0.2, 0.25) is 0 Å². The molecule has 16 heavy (non-hydrogen) atoms. The molecule has 0 saturated heterocycles. The average Bonchev–Trinajstić information content (AvgIpc) is 2.32. The van der Waals surface area contributed by atoms with E-state index in [-0.39, 0.29) is 6.61 Å². The fraction of sp³-hybridized carbons (Fsp3) is 0.400. The van der Waals surface area contributed by atoms with Gasteiger partial charge in [0.15, 0.2) is 6.10 Å². The normalized spacial score (nSPS) is 13.4. The van der Waals surface area contributed by atoms with Crippen LogP contribution in [0.4, 0.5) is 0 Å².